The van der Waals surface area contributed by atoms with Gasteiger partial charge in [0.05, 0.1) is 0 Å². The Bertz CT molecular complexity index is 530. The summed E-state index contributed by atoms with van der Waals surface area (Å²) in [5, 5.41) is 5.39. The second kappa shape index (κ2) is 6.42. The van der Waals surface area contributed by atoms with Crippen molar-refractivity contribution in [2.24, 2.45) is 5.73 Å². The van der Waals surface area contributed by atoms with E-state index < -0.39 is 11.9 Å². The zero-order valence-corrected chi connectivity index (χ0v) is 11.5. The van der Waals surface area contributed by atoms with Crippen molar-refractivity contribution in [3.63, 3.8) is 0 Å². The predicted molar refractivity (Wildman–Crippen MR) is 77.5 cm³/mol. The van der Waals surface area contributed by atoms with Crippen LogP contribution in [0, 0.1) is 0 Å². The maximum Gasteiger partial charge on any atom is 0.248 e. The number of carbonyl (C=O) groups excluding carboxylic acids is 3. The van der Waals surface area contributed by atoms with Gasteiger partial charge in [0.15, 0.2) is 0 Å². The molecule has 1 aliphatic rings. The molecule has 6 nitrogen and oxygen atoms in total. The number of primary amides is 1. The van der Waals surface area contributed by atoms with E-state index in [4.69, 9.17) is 5.73 Å². The lowest BCUT2D eigenvalue weighted by Gasteiger charge is -2.15. The first kappa shape index (κ1) is 14.4. The number of nitrogens with one attached hydrogen (secondary N) is 2. The molecule has 0 aromatic heterocycles. The highest BCUT2D eigenvalue weighted by molar-refractivity contribution is 7.99. The van der Waals surface area contributed by atoms with Crippen LogP contribution in [0.3, 0.4) is 0 Å². The average molecular weight is 293 g/mol. The molecule has 1 fully saturated rings. The van der Waals surface area contributed by atoms with Crippen LogP contribution in [0.1, 0.15) is 16.8 Å². The highest BCUT2D eigenvalue weighted by Gasteiger charge is 2.23. The van der Waals surface area contributed by atoms with Gasteiger partial charge in [-0.15, -0.1) is 0 Å². The van der Waals surface area contributed by atoms with Crippen LogP contribution in [0.4, 0.5) is 5.69 Å². The number of rotatable bonds is 3. The number of benzene rings is 1. The van der Waals surface area contributed by atoms with E-state index in [-0.39, 0.29) is 11.8 Å². The van der Waals surface area contributed by atoms with Crippen molar-refractivity contribution in [2.75, 3.05) is 16.8 Å². The fourth-order valence-corrected chi connectivity index (χ4v) is 2.73. The van der Waals surface area contributed by atoms with Gasteiger partial charge in [-0.3, -0.25) is 14.4 Å². The smallest absolute Gasteiger partial charge is 0.248 e. The number of nitrogens with two attached hydrogens (primary N) is 1. The minimum atomic E-state index is -0.536. The Kier molecular flexibility index (Phi) is 4.62. The lowest BCUT2D eigenvalue weighted by atomic mass is 10.2. The van der Waals surface area contributed by atoms with Gasteiger partial charge < -0.3 is 16.4 Å². The molecule has 1 aliphatic heterocycles. The van der Waals surface area contributed by atoms with Gasteiger partial charge in [0, 0.05) is 29.2 Å². The predicted octanol–water partition coefficient (Wildman–Crippen LogP) is 0.346. The SMILES string of the molecule is NC(=O)c1ccc(NC(=O)[C@H]2CSCCC(=O)N2)cc1. The molecule has 1 saturated heterocycles. The maximum absolute atomic E-state index is 12.1. The summed E-state index contributed by atoms with van der Waals surface area (Å²) < 4.78 is 0. The van der Waals surface area contributed by atoms with E-state index in [0.29, 0.717) is 23.4 Å². The van der Waals surface area contributed by atoms with Crippen LogP contribution in [0.5, 0.6) is 0 Å². The summed E-state index contributed by atoms with van der Waals surface area (Å²) in [5.74, 6) is 0.383. The molecule has 0 radical (unpaired) electrons. The summed E-state index contributed by atoms with van der Waals surface area (Å²) in [7, 11) is 0. The molecule has 0 spiro atoms. The number of hydrogen-bond acceptors (Lipinski definition) is 4. The minimum Gasteiger partial charge on any atom is -0.366 e. The molecule has 106 valence electrons. The first-order chi connectivity index (χ1) is 9.56. The van der Waals surface area contributed by atoms with Crippen LogP contribution in [-0.2, 0) is 9.59 Å². The molecule has 20 heavy (non-hydrogen) atoms. The van der Waals surface area contributed by atoms with Crippen LogP contribution >= 0.6 is 11.8 Å². The van der Waals surface area contributed by atoms with E-state index in [1.165, 1.54) is 0 Å². The molecule has 0 unspecified atom stereocenters. The first-order valence-corrected chi connectivity index (χ1v) is 7.29. The van der Waals surface area contributed by atoms with Crippen molar-refractivity contribution in [3.8, 4) is 0 Å². The molecule has 0 bridgehead atoms. The van der Waals surface area contributed by atoms with E-state index >= 15 is 0 Å². The zero-order chi connectivity index (χ0) is 14.5. The van der Waals surface area contributed by atoms with Crippen molar-refractivity contribution < 1.29 is 14.4 Å². The Morgan fingerprint density at radius 1 is 1.30 bits per heavy atom. The monoisotopic (exact) mass is 293 g/mol. The summed E-state index contributed by atoms with van der Waals surface area (Å²) in [6.45, 7) is 0. The first-order valence-electron chi connectivity index (χ1n) is 6.14. The molecule has 1 atom stereocenters. The third kappa shape index (κ3) is 3.74. The van der Waals surface area contributed by atoms with Crippen molar-refractivity contribution >= 4 is 35.2 Å². The summed E-state index contributed by atoms with van der Waals surface area (Å²) in [4.78, 5) is 34.4. The molecule has 1 aromatic carbocycles. The number of anilines is 1. The molecule has 1 aromatic rings. The molecule has 3 amide bonds. The Morgan fingerprint density at radius 3 is 2.65 bits per heavy atom. The third-order valence-electron chi connectivity index (χ3n) is 2.85. The Hall–Kier alpha value is -2.02. The molecule has 4 N–H and O–H groups in total. The Labute approximate surface area is 120 Å². The number of amides is 3. The van der Waals surface area contributed by atoms with Crippen molar-refractivity contribution in [1.82, 2.24) is 5.32 Å². The topological polar surface area (TPSA) is 101 Å². The van der Waals surface area contributed by atoms with E-state index in [9.17, 15) is 14.4 Å². The standard InChI is InChI=1S/C13H15N3O3S/c14-12(18)8-1-3-9(4-2-8)15-13(19)10-7-20-6-5-11(17)16-10/h1-4,10H,5-7H2,(H2,14,18)(H,15,19)(H,16,17)/t10-/m1/s1. The van der Waals surface area contributed by atoms with Crippen molar-refractivity contribution in [3.05, 3.63) is 29.8 Å². The highest BCUT2D eigenvalue weighted by atomic mass is 32.2. The van der Waals surface area contributed by atoms with E-state index in [1.807, 2.05) is 0 Å². The molecular weight excluding hydrogens is 278 g/mol. The zero-order valence-electron chi connectivity index (χ0n) is 10.7. The van der Waals surface area contributed by atoms with Gasteiger partial charge in [-0.25, -0.2) is 0 Å². The number of hydrogen-bond donors (Lipinski definition) is 3. The van der Waals surface area contributed by atoms with Crippen LogP contribution in [0.25, 0.3) is 0 Å². The molecule has 2 rings (SSSR count). The lowest BCUT2D eigenvalue weighted by Crippen LogP contribution is -2.44. The fourth-order valence-electron chi connectivity index (χ4n) is 1.76. The summed E-state index contributed by atoms with van der Waals surface area (Å²) in [5.41, 5.74) is 6.07. The molecular formula is C13H15N3O3S. The van der Waals surface area contributed by atoms with Gasteiger partial charge in [0.1, 0.15) is 6.04 Å². The fraction of sp³-hybridized carbons (Fsp3) is 0.308. The quantitative estimate of drug-likeness (QED) is 0.748. The van der Waals surface area contributed by atoms with Crippen molar-refractivity contribution in [2.45, 2.75) is 12.5 Å². The summed E-state index contributed by atoms with van der Waals surface area (Å²) in [6.07, 6.45) is 0.432. The minimum absolute atomic E-state index is 0.112. The van der Waals surface area contributed by atoms with Gasteiger partial charge in [0.25, 0.3) is 0 Å². The van der Waals surface area contributed by atoms with Crippen LogP contribution < -0.4 is 16.4 Å². The molecule has 0 aliphatic carbocycles. The second-order valence-electron chi connectivity index (χ2n) is 4.38. The maximum atomic E-state index is 12.1. The van der Waals surface area contributed by atoms with Gasteiger partial charge >= 0.3 is 0 Å². The van der Waals surface area contributed by atoms with Crippen LogP contribution in [-0.4, -0.2) is 35.3 Å². The molecule has 0 saturated carbocycles. The van der Waals surface area contributed by atoms with Gasteiger partial charge in [-0.2, -0.15) is 11.8 Å². The number of carbonyl (C=O) groups is 3. The van der Waals surface area contributed by atoms with Gasteiger partial charge in [-0.05, 0) is 24.3 Å². The summed E-state index contributed by atoms with van der Waals surface area (Å²) in [6, 6.07) is 5.75. The summed E-state index contributed by atoms with van der Waals surface area (Å²) >= 11 is 1.57. The lowest BCUT2D eigenvalue weighted by molar-refractivity contribution is -0.125. The number of thioether (sulfide) groups is 1. The Morgan fingerprint density at radius 2 is 2.00 bits per heavy atom. The van der Waals surface area contributed by atoms with E-state index in [0.717, 1.165) is 5.75 Å². The third-order valence-corrected chi connectivity index (χ3v) is 3.91. The van der Waals surface area contributed by atoms with Gasteiger partial charge in [-0.1, -0.05) is 0 Å². The normalized spacial score (nSPS) is 18.8. The van der Waals surface area contributed by atoms with Crippen LogP contribution in [0.15, 0.2) is 24.3 Å². The second-order valence-corrected chi connectivity index (χ2v) is 5.53. The van der Waals surface area contributed by atoms with E-state index in [2.05, 4.69) is 10.6 Å². The van der Waals surface area contributed by atoms with Gasteiger partial charge in [0.2, 0.25) is 17.7 Å². The van der Waals surface area contributed by atoms with E-state index in [1.54, 1.807) is 36.0 Å². The van der Waals surface area contributed by atoms with Crippen molar-refractivity contribution in [1.29, 1.82) is 0 Å². The van der Waals surface area contributed by atoms with Crippen LogP contribution in [0.2, 0.25) is 0 Å². The highest BCUT2D eigenvalue weighted by Crippen LogP contribution is 2.13. The largest absolute Gasteiger partial charge is 0.366 e. The Balaban J connectivity index is 1.99. The molecule has 7 heteroatoms. The average Bonchev–Trinajstić information content (AvgIpc) is 2.64. The molecule has 1 heterocycles.